The van der Waals surface area contributed by atoms with Crippen LogP contribution in [0.25, 0.3) is 0 Å². The molecule has 5 unspecified atom stereocenters. The molecule has 0 amide bonds. The fraction of sp³-hybridized carbons (Fsp3) is 0.608. The molecule has 0 saturated heterocycles. The van der Waals surface area contributed by atoms with Crippen molar-refractivity contribution >= 4 is 27.6 Å². The molecule has 1 aliphatic carbocycles. The molecule has 0 aliphatic heterocycles. The van der Waals surface area contributed by atoms with E-state index in [4.69, 9.17) is 18.5 Å². The molecule has 0 spiro atoms. The van der Waals surface area contributed by atoms with Gasteiger partial charge in [0, 0.05) is 12.8 Å². The molecule has 18 nitrogen and oxygen atoms in total. The Balaban J connectivity index is 2.71. The van der Waals surface area contributed by atoms with Crippen LogP contribution >= 0.6 is 15.6 Å². The predicted octanol–water partition coefficient (Wildman–Crippen LogP) is 7.67. The van der Waals surface area contributed by atoms with Gasteiger partial charge in [-0.05, 0) is 96.3 Å². The topological polar surface area (TPSA) is 296 Å². The minimum Gasteiger partial charge on any atom is -0.462 e. The molecule has 71 heavy (non-hydrogen) atoms. The van der Waals surface area contributed by atoms with Crippen molar-refractivity contribution in [3.8, 4) is 0 Å². The molecule has 0 aromatic rings. The first-order chi connectivity index (χ1) is 33.9. The van der Waals surface area contributed by atoms with Crippen molar-refractivity contribution in [1.82, 2.24) is 0 Å². The molecule has 0 aromatic heterocycles. The molecule has 1 aliphatic rings. The second-order valence-electron chi connectivity index (χ2n) is 16.7. The molecule has 0 heterocycles. The van der Waals surface area contributed by atoms with E-state index >= 15 is 0 Å². The maximum Gasteiger partial charge on any atom is 0.472 e. The number of unbranched alkanes of at least 4 members (excludes halogenated alkanes) is 3. The van der Waals surface area contributed by atoms with Gasteiger partial charge in [-0.1, -0.05) is 130 Å². The average molecular weight is 1050 g/mol. The summed E-state index contributed by atoms with van der Waals surface area (Å²) in [6.45, 7) is 2.59. The number of carbonyl (C=O) groups excluding carboxylic acids is 2. The zero-order valence-electron chi connectivity index (χ0n) is 41.3. The Hall–Kier alpha value is -3.42. The van der Waals surface area contributed by atoms with E-state index < -0.39 is 95.7 Å². The highest BCUT2D eigenvalue weighted by Crippen LogP contribution is 2.49. The highest BCUT2D eigenvalue weighted by atomic mass is 31.2. The van der Waals surface area contributed by atoms with Crippen molar-refractivity contribution in [2.24, 2.45) is 0 Å². The number of aliphatic hydroxyl groups is 6. The first-order valence-corrected chi connectivity index (χ1v) is 27.6. The number of allylic oxidation sites excluding steroid dienone is 17. The molecule has 1 saturated carbocycles. The van der Waals surface area contributed by atoms with Crippen molar-refractivity contribution in [3.05, 3.63) is 109 Å². The van der Waals surface area contributed by atoms with Crippen LogP contribution in [0.5, 0.6) is 0 Å². The molecule has 0 aromatic carbocycles. The summed E-state index contributed by atoms with van der Waals surface area (Å²) >= 11 is 0. The predicted molar refractivity (Wildman–Crippen MR) is 271 cm³/mol. The Bertz CT molecular complexity index is 1820. The van der Waals surface area contributed by atoms with Crippen LogP contribution in [0.1, 0.15) is 129 Å². The number of aliphatic hydroxyl groups excluding tert-OH is 6. The van der Waals surface area contributed by atoms with Gasteiger partial charge in [0.1, 0.15) is 43.2 Å². The third-order valence-electron chi connectivity index (χ3n) is 10.5. The summed E-state index contributed by atoms with van der Waals surface area (Å²) in [5, 5.41) is 62.1. The number of hydrogen-bond acceptors (Lipinski definition) is 15. The van der Waals surface area contributed by atoms with Crippen molar-refractivity contribution in [2.75, 3.05) is 13.2 Å². The van der Waals surface area contributed by atoms with E-state index in [0.717, 1.165) is 64.2 Å². The summed E-state index contributed by atoms with van der Waals surface area (Å²) in [6.07, 6.45) is 30.5. The van der Waals surface area contributed by atoms with E-state index in [0.29, 0.717) is 19.3 Å². The van der Waals surface area contributed by atoms with Crippen LogP contribution in [-0.4, -0.2) is 125 Å². The number of rotatable bonds is 39. The van der Waals surface area contributed by atoms with E-state index in [-0.39, 0.29) is 32.1 Å². The minimum absolute atomic E-state index is 0.0576. The molecule has 404 valence electrons. The van der Waals surface area contributed by atoms with E-state index in [1.54, 1.807) is 6.08 Å². The summed E-state index contributed by atoms with van der Waals surface area (Å²) in [7, 11) is -10.8. The number of esters is 2. The van der Waals surface area contributed by atoms with Gasteiger partial charge in [-0.2, -0.15) is 0 Å². The van der Waals surface area contributed by atoms with E-state index in [1.165, 1.54) is 0 Å². The van der Waals surface area contributed by atoms with Crippen LogP contribution in [0, 0.1) is 0 Å². The summed E-state index contributed by atoms with van der Waals surface area (Å²) in [5.74, 6) is -1.54. The summed E-state index contributed by atoms with van der Waals surface area (Å²) in [4.78, 5) is 54.4. The van der Waals surface area contributed by atoms with Crippen LogP contribution in [0.2, 0.25) is 0 Å². The Morgan fingerprint density at radius 2 is 0.958 bits per heavy atom. The number of phosphoric ester groups is 2. The number of ether oxygens (including phenoxy) is 2. The Morgan fingerprint density at radius 1 is 0.507 bits per heavy atom. The zero-order chi connectivity index (χ0) is 52.8. The maximum absolute atomic E-state index is 13.0. The summed E-state index contributed by atoms with van der Waals surface area (Å²) in [5.41, 5.74) is 0. The first-order valence-electron chi connectivity index (χ1n) is 24.6. The Morgan fingerprint density at radius 3 is 1.45 bits per heavy atom. The molecule has 0 radical (unpaired) electrons. The maximum atomic E-state index is 13.0. The highest BCUT2D eigenvalue weighted by molar-refractivity contribution is 7.47. The lowest BCUT2D eigenvalue weighted by Gasteiger charge is -2.43. The van der Waals surface area contributed by atoms with Crippen molar-refractivity contribution in [3.63, 3.8) is 0 Å². The van der Waals surface area contributed by atoms with Crippen LogP contribution < -0.4 is 0 Å². The zero-order valence-corrected chi connectivity index (χ0v) is 43.1. The third-order valence-corrected chi connectivity index (χ3v) is 12.0. The van der Waals surface area contributed by atoms with Crippen molar-refractivity contribution in [2.45, 2.75) is 184 Å². The second-order valence-corrected chi connectivity index (χ2v) is 19.3. The molecule has 0 bridgehead atoms. The average Bonchev–Trinajstić information content (AvgIpc) is 3.32. The van der Waals surface area contributed by atoms with Crippen LogP contribution in [-0.2, 0) is 41.8 Å². The molecule has 1 rings (SSSR count). The molecular weight excluding hydrogens is 962 g/mol. The lowest BCUT2D eigenvalue weighted by molar-refractivity contribution is -0.216. The van der Waals surface area contributed by atoms with E-state index in [9.17, 15) is 64.0 Å². The van der Waals surface area contributed by atoms with Gasteiger partial charge in [0.15, 0.2) is 6.10 Å². The van der Waals surface area contributed by atoms with Crippen LogP contribution in [0.15, 0.2) is 109 Å². The molecular formula is C51H82O18P2. The molecule has 10 atom stereocenters. The Kier molecular flexibility index (Phi) is 37.0. The normalized spacial score (nSPS) is 22.7. The van der Waals surface area contributed by atoms with Crippen molar-refractivity contribution in [1.29, 1.82) is 0 Å². The largest absolute Gasteiger partial charge is 0.472 e. The Labute approximate surface area is 420 Å². The SMILES string of the molecule is CC/C=C\C/C=C\C/C=C\C/C=C\C/C=C\CCCCCC(=O)O[C@H](COC(=O)CCC[C@H](O)[C@@H](O)C/C=C\C/C=C\C/C=C\C/C=C\CC)COP(=O)(O)O[C@H]1C(O)C(O)C(O)[C@@H](OP(=O)(O)O)C1O. The first kappa shape index (κ1) is 65.6. The smallest absolute Gasteiger partial charge is 0.462 e. The lowest BCUT2D eigenvalue weighted by atomic mass is 9.85. The molecule has 20 heteroatoms. The van der Waals surface area contributed by atoms with E-state index in [1.807, 2.05) is 18.2 Å². The van der Waals surface area contributed by atoms with E-state index in [2.05, 4.69) is 103 Å². The standard InChI is InChI=1S/C51H82O18P2/c1-3-5-7-9-11-13-15-17-18-19-20-21-22-23-25-27-29-31-33-37-45(55)67-41(40-66-71(63,64)69-51-48(58)46(56)47(57)50(49(51)59)68-70(60,61)62)39-65-44(54)38-34-36-43(53)42(52)35-32-30-28-26-24-16-14-12-10-8-6-4-2/h5-8,11-14,17-18,20-21,23-26,30,32,41-43,46-53,56-59H,3-4,9-10,15-16,19,22,27-29,31,33-40H2,1-2H3,(H,63,64)(H2,60,61,62)/b7-5-,8-6-,13-11-,14-12-,18-17-,21-20-,25-23-,26-24-,32-30-/t41-,42+,43+,46?,47?,48?,49?,50-,51+/m1/s1. The summed E-state index contributed by atoms with van der Waals surface area (Å²) < 4.78 is 49.2. The van der Waals surface area contributed by atoms with Gasteiger partial charge in [0.05, 0.1) is 18.8 Å². The van der Waals surface area contributed by atoms with Crippen LogP contribution in [0.4, 0.5) is 0 Å². The van der Waals surface area contributed by atoms with Gasteiger partial charge in [0.2, 0.25) is 0 Å². The third kappa shape index (κ3) is 33.8. The number of carbonyl (C=O) groups is 2. The number of phosphoric acid groups is 2. The van der Waals surface area contributed by atoms with Gasteiger partial charge in [0.25, 0.3) is 0 Å². The van der Waals surface area contributed by atoms with Crippen molar-refractivity contribution < 1.29 is 87.1 Å². The van der Waals surface area contributed by atoms with Gasteiger partial charge >= 0.3 is 27.6 Å². The highest BCUT2D eigenvalue weighted by Gasteiger charge is 2.54. The van der Waals surface area contributed by atoms with Gasteiger partial charge < -0.3 is 54.8 Å². The number of hydrogen-bond donors (Lipinski definition) is 9. The summed E-state index contributed by atoms with van der Waals surface area (Å²) in [6, 6.07) is 0. The van der Waals surface area contributed by atoms with Gasteiger partial charge in [-0.25, -0.2) is 9.13 Å². The van der Waals surface area contributed by atoms with Gasteiger partial charge in [-0.3, -0.25) is 23.2 Å². The minimum atomic E-state index is -5.41. The monoisotopic (exact) mass is 1040 g/mol. The quantitative estimate of drug-likeness (QED) is 0.0123. The fourth-order valence-electron chi connectivity index (χ4n) is 6.67. The van der Waals surface area contributed by atoms with Crippen LogP contribution in [0.3, 0.4) is 0 Å². The lowest BCUT2D eigenvalue weighted by Crippen LogP contribution is -2.64. The molecule has 1 fully saturated rings. The van der Waals surface area contributed by atoms with Gasteiger partial charge in [-0.15, -0.1) is 0 Å². The second kappa shape index (κ2) is 40.0. The molecule has 9 N–H and O–H groups in total. The fourth-order valence-corrected chi connectivity index (χ4v) is 8.21.